The summed E-state index contributed by atoms with van der Waals surface area (Å²) in [4.78, 5) is 16.9. The van der Waals surface area contributed by atoms with Crippen molar-refractivity contribution in [3.05, 3.63) is 71.3 Å². The van der Waals surface area contributed by atoms with Crippen LogP contribution in [0.15, 0.2) is 59.8 Å². The van der Waals surface area contributed by atoms with Crippen LogP contribution in [0.2, 0.25) is 0 Å². The number of benzene rings is 2. The number of hydrogen-bond donors (Lipinski definition) is 1. The molecule has 0 saturated heterocycles. The molecule has 0 spiro atoms. The maximum Gasteiger partial charge on any atom is 0.251 e. The Labute approximate surface area is 137 Å². The maximum absolute atomic E-state index is 12.2. The van der Waals surface area contributed by atoms with Crippen LogP contribution in [0.3, 0.4) is 0 Å². The molecule has 1 unspecified atom stereocenters. The monoisotopic (exact) mass is 310 g/mol. The summed E-state index contributed by atoms with van der Waals surface area (Å²) >= 11 is 0. The first-order chi connectivity index (χ1) is 11.2. The fourth-order valence-corrected chi connectivity index (χ4v) is 2.24. The highest BCUT2D eigenvalue weighted by Gasteiger charge is 2.09. The van der Waals surface area contributed by atoms with E-state index in [4.69, 9.17) is 0 Å². The Kier molecular flexibility index (Phi) is 6.36. The second-order valence-corrected chi connectivity index (χ2v) is 5.44. The SMILES string of the molecule is CO/N=C/c1ccc(C(=O)NC(C)CCc2ccccc2)cc1. The molecule has 2 aromatic carbocycles. The van der Waals surface area contributed by atoms with E-state index in [0.29, 0.717) is 5.56 Å². The van der Waals surface area contributed by atoms with Crippen LogP contribution in [0.1, 0.15) is 34.8 Å². The lowest BCUT2D eigenvalue weighted by Crippen LogP contribution is -2.32. The summed E-state index contributed by atoms with van der Waals surface area (Å²) in [6.07, 6.45) is 3.47. The summed E-state index contributed by atoms with van der Waals surface area (Å²) in [6.45, 7) is 2.03. The molecule has 0 aliphatic heterocycles. The van der Waals surface area contributed by atoms with Crippen LogP contribution < -0.4 is 5.32 Å². The maximum atomic E-state index is 12.2. The van der Waals surface area contributed by atoms with Crippen LogP contribution in [-0.2, 0) is 11.3 Å². The highest BCUT2D eigenvalue weighted by molar-refractivity contribution is 5.95. The third kappa shape index (κ3) is 5.58. The highest BCUT2D eigenvalue weighted by Crippen LogP contribution is 2.07. The molecule has 0 saturated carbocycles. The van der Waals surface area contributed by atoms with E-state index in [2.05, 4.69) is 27.4 Å². The lowest BCUT2D eigenvalue weighted by molar-refractivity contribution is 0.0938. The van der Waals surface area contributed by atoms with Gasteiger partial charge in [0.15, 0.2) is 0 Å². The Bertz CT molecular complexity index is 636. The van der Waals surface area contributed by atoms with E-state index in [-0.39, 0.29) is 11.9 Å². The van der Waals surface area contributed by atoms with E-state index in [1.165, 1.54) is 12.7 Å². The molecule has 4 heteroatoms. The third-order valence-corrected chi connectivity index (χ3v) is 3.57. The van der Waals surface area contributed by atoms with Crippen LogP contribution in [0.5, 0.6) is 0 Å². The van der Waals surface area contributed by atoms with Gasteiger partial charge in [-0.25, -0.2) is 0 Å². The Morgan fingerprint density at radius 3 is 2.52 bits per heavy atom. The summed E-state index contributed by atoms with van der Waals surface area (Å²) in [6, 6.07) is 17.7. The standard InChI is InChI=1S/C19H22N2O2/c1-15(8-9-16-6-4-3-5-7-16)21-19(22)18-12-10-17(11-13-18)14-20-23-2/h3-7,10-15H,8-9H2,1-2H3,(H,21,22)/b20-14+. The first kappa shape index (κ1) is 16.7. The van der Waals surface area contributed by atoms with E-state index in [1.807, 2.05) is 37.3 Å². The number of hydrogen-bond acceptors (Lipinski definition) is 3. The van der Waals surface area contributed by atoms with Gasteiger partial charge in [-0.1, -0.05) is 47.6 Å². The van der Waals surface area contributed by atoms with Crippen molar-refractivity contribution in [2.24, 2.45) is 5.16 Å². The molecule has 1 amide bonds. The number of oxime groups is 1. The Hall–Kier alpha value is -2.62. The fraction of sp³-hybridized carbons (Fsp3) is 0.263. The van der Waals surface area contributed by atoms with E-state index >= 15 is 0 Å². The van der Waals surface area contributed by atoms with Crippen molar-refractivity contribution in [1.82, 2.24) is 5.32 Å². The van der Waals surface area contributed by atoms with Crippen molar-refractivity contribution in [3.63, 3.8) is 0 Å². The van der Waals surface area contributed by atoms with Crippen molar-refractivity contribution in [1.29, 1.82) is 0 Å². The number of nitrogens with zero attached hydrogens (tertiary/aromatic N) is 1. The lowest BCUT2D eigenvalue weighted by atomic mass is 10.1. The van der Waals surface area contributed by atoms with Crippen LogP contribution >= 0.6 is 0 Å². The van der Waals surface area contributed by atoms with Gasteiger partial charge in [-0.3, -0.25) is 4.79 Å². The molecule has 2 aromatic rings. The van der Waals surface area contributed by atoms with Gasteiger partial charge in [0, 0.05) is 11.6 Å². The van der Waals surface area contributed by atoms with Gasteiger partial charge in [-0.2, -0.15) is 0 Å². The quantitative estimate of drug-likeness (QED) is 0.629. The molecule has 1 N–H and O–H groups in total. The van der Waals surface area contributed by atoms with Gasteiger partial charge in [0.05, 0.1) is 6.21 Å². The molecule has 0 bridgehead atoms. The highest BCUT2D eigenvalue weighted by atomic mass is 16.6. The molecular weight excluding hydrogens is 288 g/mol. The van der Waals surface area contributed by atoms with E-state index < -0.39 is 0 Å². The molecule has 120 valence electrons. The number of aryl methyl sites for hydroxylation is 1. The van der Waals surface area contributed by atoms with Crippen molar-refractivity contribution < 1.29 is 9.63 Å². The zero-order valence-electron chi connectivity index (χ0n) is 13.5. The zero-order chi connectivity index (χ0) is 16.5. The smallest absolute Gasteiger partial charge is 0.251 e. The third-order valence-electron chi connectivity index (χ3n) is 3.57. The predicted molar refractivity (Wildman–Crippen MR) is 92.7 cm³/mol. The summed E-state index contributed by atoms with van der Waals surface area (Å²) < 4.78 is 0. The summed E-state index contributed by atoms with van der Waals surface area (Å²) in [5.74, 6) is -0.0548. The molecule has 0 aliphatic carbocycles. The Balaban J connectivity index is 1.84. The zero-order valence-corrected chi connectivity index (χ0v) is 13.5. The van der Waals surface area contributed by atoms with Crippen LogP contribution in [0.25, 0.3) is 0 Å². The van der Waals surface area contributed by atoms with Gasteiger partial charge in [0.2, 0.25) is 0 Å². The summed E-state index contributed by atoms with van der Waals surface area (Å²) in [7, 11) is 1.50. The molecular formula is C19H22N2O2. The van der Waals surface area contributed by atoms with Crippen LogP contribution in [0, 0.1) is 0 Å². The molecule has 2 rings (SSSR count). The first-order valence-electron chi connectivity index (χ1n) is 7.70. The average molecular weight is 310 g/mol. The predicted octanol–water partition coefficient (Wildman–Crippen LogP) is 3.42. The van der Waals surface area contributed by atoms with Gasteiger partial charge in [-0.15, -0.1) is 0 Å². The summed E-state index contributed by atoms with van der Waals surface area (Å²) in [5.41, 5.74) is 2.82. The second kappa shape index (κ2) is 8.73. The minimum Gasteiger partial charge on any atom is -0.399 e. The number of nitrogens with one attached hydrogen (secondary N) is 1. The van der Waals surface area contributed by atoms with Crippen molar-refractivity contribution in [2.45, 2.75) is 25.8 Å². The first-order valence-corrected chi connectivity index (χ1v) is 7.70. The van der Waals surface area contributed by atoms with Gasteiger partial charge in [-0.05, 0) is 43.0 Å². The van der Waals surface area contributed by atoms with Gasteiger partial charge in [0.1, 0.15) is 7.11 Å². The van der Waals surface area contributed by atoms with Crippen LogP contribution in [-0.4, -0.2) is 25.3 Å². The number of rotatable bonds is 7. The van der Waals surface area contributed by atoms with Crippen molar-refractivity contribution in [3.8, 4) is 0 Å². The number of amides is 1. The lowest BCUT2D eigenvalue weighted by Gasteiger charge is -2.14. The molecule has 0 aromatic heterocycles. The molecule has 0 radical (unpaired) electrons. The van der Waals surface area contributed by atoms with Gasteiger partial charge >= 0.3 is 0 Å². The van der Waals surface area contributed by atoms with Gasteiger partial charge in [0.25, 0.3) is 5.91 Å². The van der Waals surface area contributed by atoms with E-state index in [9.17, 15) is 4.79 Å². The minimum atomic E-state index is -0.0548. The van der Waals surface area contributed by atoms with Crippen LogP contribution in [0.4, 0.5) is 0 Å². The topological polar surface area (TPSA) is 50.7 Å². The Morgan fingerprint density at radius 2 is 1.87 bits per heavy atom. The van der Waals surface area contributed by atoms with Crippen molar-refractivity contribution in [2.75, 3.05) is 7.11 Å². The normalized spacial score (nSPS) is 12.1. The fourth-order valence-electron chi connectivity index (χ4n) is 2.24. The molecule has 1 atom stereocenters. The molecule has 4 nitrogen and oxygen atoms in total. The summed E-state index contributed by atoms with van der Waals surface area (Å²) in [5, 5.41) is 6.72. The minimum absolute atomic E-state index is 0.0548. The number of carbonyl (C=O) groups excluding carboxylic acids is 1. The second-order valence-electron chi connectivity index (χ2n) is 5.44. The van der Waals surface area contributed by atoms with Crippen molar-refractivity contribution >= 4 is 12.1 Å². The molecule has 23 heavy (non-hydrogen) atoms. The average Bonchev–Trinajstić information content (AvgIpc) is 2.59. The molecule has 0 aliphatic rings. The molecule has 0 fully saturated rings. The Morgan fingerprint density at radius 1 is 1.17 bits per heavy atom. The number of carbonyl (C=O) groups is 1. The van der Waals surface area contributed by atoms with E-state index in [0.717, 1.165) is 18.4 Å². The molecule has 0 heterocycles. The largest absolute Gasteiger partial charge is 0.399 e. The van der Waals surface area contributed by atoms with Gasteiger partial charge < -0.3 is 10.2 Å². The van der Waals surface area contributed by atoms with E-state index in [1.54, 1.807) is 18.3 Å².